The average molecular weight is 409 g/mol. The van der Waals surface area contributed by atoms with Gasteiger partial charge in [0.1, 0.15) is 17.3 Å². The molecule has 0 saturated carbocycles. The quantitative estimate of drug-likeness (QED) is 0.105. The van der Waals surface area contributed by atoms with E-state index in [1.807, 2.05) is 0 Å². The maximum atomic E-state index is 12.4. The van der Waals surface area contributed by atoms with E-state index in [1.54, 1.807) is 6.92 Å². The molecule has 1 aliphatic heterocycles. The maximum Gasteiger partial charge on any atom is 0.333 e. The summed E-state index contributed by atoms with van der Waals surface area (Å²) in [6.45, 7) is 8.98. The van der Waals surface area contributed by atoms with Gasteiger partial charge in [0, 0.05) is 13.0 Å². The molecule has 0 aromatic heterocycles. The number of hydrogen-bond donors (Lipinski definition) is 1. The van der Waals surface area contributed by atoms with Gasteiger partial charge in [0.15, 0.2) is 12.8 Å². The van der Waals surface area contributed by atoms with Crippen LogP contribution in [0.4, 0.5) is 0 Å². The second-order valence-corrected chi connectivity index (χ2v) is 6.09. The van der Waals surface area contributed by atoms with Crippen molar-refractivity contribution in [3.05, 3.63) is 24.5 Å². The number of ether oxygens (including phenoxy) is 3. The lowest BCUT2D eigenvalue weighted by Gasteiger charge is -2.47. The van der Waals surface area contributed by atoms with Gasteiger partial charge in [-0.2, -0.15) is 0 Å². The summed E-state index contributed by atoms with van der Waals surface area (Å²) in [5.74, 6) is -1.59. The van der Waals surface area contributed by atoms with Gasteiger partial charge in [0.2, 0.25) is 5.91 Å². The fourth-order valence-corrected chi connectivity index (χ4v) is 2.77. The molecule has 1 saturated heterocycles. The Bertz CT molecular complexity index is 583. The molecule has 1 aliphatic rings. The summed E-state index contributed by atoms with van der Waals surface area (Å²) in [6.07, 6.45) is -0.160. The van der Waals surface area contributed by atoms with Crippen molar-refractivity contribution in [2.24, 2.45) is 0 Å². The minimum atomic E-state index is -1.10. The molecule has 1 heterocycles. The predicted octanol–water partition coefficient (Wildman–Crippen LogP) is 1.13. The number of methoxy groups -OCH3 is 1. The van der Waals surface area contributed by atoms with Crippen LogP contribution in [0.1, 0.15) is 13.3 Å². The first-order chi connectivity index (χ1) is 12.3. The van der Waals surface area contributed by atoms with E-state index in [4.69, 9.17) is 37.4 Å². The van der Waals surface area contributed by atoms with Crippen LogP contribution in [0, 0.1) is 0 Å². The fourth-order valence-electron chi connectivity index (χ4n) is 2.25. The first kappa shape index (κ1) is 22.3. The van der Waals surface area contributed by atoms with Gasteiger partial charge in [-0.1, -0.05) is 24.8 Å². The molecule has 10 heteroatoms. The van der Waals surface area contributed by atoms with Crippen molar-refractivity contribution in [1.29, 1.82) is 0 Å². The molecule has 0 aromatic rings. The van der Waals surface area contributed by atoms with Gasteiger partial charge in [-0.15, -0.1) is 11.6 Å². The number of likely N-dealkylation sites (tertiary alicyclic amines) is 1. The SMILES string of the molecule is C=C(CC(=O)NC1C(=O)N(C(C(=C)CCl)C(=O)OCC)C1Cl)OCOC. The number of amides is 2. The number of rotatable bonds is 11. The monoisotopic (exact) mass is 408 g/mol. The summed E-state index contributed by atoms with van der Waals surface area (Å²) in [4.78, 5) is 37.6. The largest absolute Gasteiger partial charge is 0.472 e. The van der Waals surface area contributed by atoms with E-state index in [1.165, 1.54) is 7.11 Å². The minimum absolute atomic E-state index is 0.0395. The summed E-state index contributed by atoms with van der Waals surface area (Å²) in [7, 11) is 1.43. The number of esters is 1. The molecule has 0 bridgehead atoms. The van der Waals surface area contributed by atoms with Crippen LogP contribution in [0.25, 0.3) is 0 Å². The van der Waals surface area contributed by atoms with Crippen LogP contribution in [-0.4, -0.2) is 66.7 Å². The van der Waals surface area contributed by atoms with Crippen molar-refractivity contribution in [1.82, 2.24) is 10.2 Å². The zero-order valence-electron chi connectivity index (χ0n) is 14.6. The van der Waals surface area contributed by atoms with Gasteiger partial charge in [-0.3, -0.25) is 9.59 Å². The number of carbonyl (C=O) groups is 3. The first-order valence-electron chi connectivity index (χ1n) is 7.73. The third kappa shape index (κ3) is 5.36. The molecular formula is C16H22Cl2N2O6. The third-order valence-electron chi connectivity index (χ3n) is 3.46. The van der Waals surface area contributed by atoms with Gasteiger partial charge in [-0.05, 0) is 12.5 Å². The molecule has 8 nitrogen and oxygen atoms in total. The highest BCUT2D eigenvalue weighted by molar-refractivity contribution is 6.27. The maximum absolute atomic E-state index is 12.4. The molecule has 3 atom stereocenters. The van der Waals surface area contributed by atoms with Crippen molar-refractivity contribution in [2.75, 3.05) is 26.4 Å². The van der Waals surface area contributed by atoms with Crippen LogP contribution in [-0.2, 0) is 28.6 Å². The number of halogens is 2. The molecule has 1 fully saturated rings. The molecule has 146 valence electrons. The van der Waals surface area contributed by atoms with E-state index in [-0.39, 0.29) is 37.0 Å². The molecule has 26 heavy (non-hydrogen) atoms. The van der Waals surface area contributed by atoms with E-state index in [0.717, 1.165) is 4.90 Å². The number of hydrogen-bond acceptors (Lipinski definition) is 6. The van der Waals surface area contributed by atoms with E-state index in [0.29, 0.717) is 0 Å². The molecule has 3 unspecified atom stereocenters. The summed E-state index contributed by atoms with van der Waals surface area (Å²) in [5, 5.41) is 2.48. The topological polar surface area (TPSA) is 94.2 Å². The van der Waals surface area contributed by atoms with E-state index < -0.39 is 35.4 Å². The van der Waals surface area contributed by atoms with Gasteiger partial charge in [-0.25, -0.2) is 4.79 Å². The van der Waals surface area contributed by atoms with Crippen molar-refractivity contribution in [3.8, 4) is 0 Å². The summed E-state index contributed by atoms with van der Waals surface area (Å²) >= 11 is 11.9. The average Bonchev–Trinajstić information content (AvgIpc) is 2.61. The van der Waals surface area contributed by atoms with Gasteiger partial charge >= 0.3 is 5.97 Å². The Balaban J connectivity index is 2.71. The molecular weight excluding hydrogens is 387 g/mol. The molecule has 1 rings (SSSR count). The molecule has 2 amide bonds. The van der Waals surface area contributed by atoms with Crippen molar-refractivity contribution >= 4 is 41.0 Å². The van der Waals surface area contributed by atoms with Crippen molar-refractivity contribution in [3.63, 3.8) is 0 Å². The first-order valence-corrected chi connectivity index (χ1v) is 8.70. The Morgan fingerprint density at radius 1 is 1.35 bits per heavy atom. The smallest absolute Gasteiger partial charge is 0.333 e. The van der Waals surface area contributed by atoms with Crippen molar-refractivity contribution in [2.45, 2.75) is 30.9 Å². The van der Waals surface area contributed by atoms with Crippen LogP contribution in [0.3, 0.4) is 0 Å². The molecule has 1 N–H and O–H groups in total. The minimum Gasteiger partial charge on any atom is -0.472 e. The third-order valence-corrected chi connectivity index (χ3v) is 4.27. The number of nitrogens with one attached hydrogen (secondary N) is 1. The van der Waals surface area contributed by atoms with Gasteiger partial charge in [0.25, 0.3) is 5.91 Å². The van der Waals surface area contributed by atoms with Gasteiger partial charge < -0.3 is 24.4 Å². The Morgan fingerprint density at radius 3 is 2.50 bits per heavy atom. The Hall–Kier alpha value is -1.77. The molecule has 0 aromatic carbocycles. The van der Waals surface area contributed by atoms with Crippen LogP contribution in [0.2, 0.25) is 0 Å². The number of nitrogens with zero attached hydrogens (tertiary/aromatic N) is 1. The predicted molar refractivity (Wildman–Crippen MR) is 95.4 cm³/mol. The number of alkyl halides is 2. The highest BCUT2D eigenvalue weighted by atomic mass is 35.5. The zero-order valence-corrected chi connectivity index (χ0v) is 16.1. The second-order valence-electron chi connectivity index (χ2n) is 5.38. The fraction of sp³-hybridized carbons (Fsp3) is 0.562. The Labute approximate surface area is 162 Å². The van der Waals surface area contributed by atoms with Crippen LogP contribution in [0.15, 0.2) is 24.5 Å². The molecule has 0 radical (unpaired) electrons. The normalized spacial score (nSPS) is 20.0. The van der Waals surface area contributed by atoms with Crippen molar-refractivity contribution < 1.29 is 28.6 Å². The lowest BCUT2D eigenvalue weighted by Crippen LogP contribution is -2.72. The summed E-state index contributed by atoms with van der Waals surface area (Å²) in [5.41, 5.74) is -0.677. The zero-order chi connectivity index (χ0) is 19.9. The molecule has 0 spiro atoms. The lowest BCUT2D eigenvalue weighted by molar-refractivity contribution is -0.163. The van der Waals surface area contributed by atoms with E-state index in [2.05, 4.69) is 18.5 Å². The Kier molecular flexibility index (Phi) is 8.91. The Morgan fingerprint density at radius 2 is 2.00 bits per heavy atom. The molecule has 0 aliphatic carbocycles. The van der Waals surface area contributed by atoms with E-state index >= 15 is 0 Å². The van der Waals surface area contributed by atoms with E-state index in [9.17, 15) is 14.4 Å². The lowest BCUT2D eigenvalue weighted by atomic mass is 9.99. The number of carbonyl (C=O) groups excluding carboxylic acids is 3. The summed E-state index contributed by atoms with van der Waals surface area (Å²) in [6, 6.07) is -2.09. The highest BCUT2D eigenvalue weighted by Gasteiger charge is 2.53. The highest BCUT2D eigenvalue weighted by Crippen LogP contribution is 2.30. The number of β-lactam (4-membered cyclic amide) rings is 1. The van der Waals surface area contributed by atoms with Crippen LogP contribution < -0.4 is 5.32 Å². The standard InChI is InChI=1S/C16H22Cl2N2O6/c1-5-25-16(23)13(9(2)7-17)20-14(18)12(15(20)22)19-11(21)6-10(3)26-8-24-4/h12-14H,2-3,5-8H2,1,4H3,(H,19,21). The van der Waals surface area contributed by atoms with Gasteiger partial charge in [0.05, 0.1) is 13.0 Å². The summed E-state index contributed by atoms with van der Waals surface area (Å²) < 4.78 is 14.7. The second kappa shape index (κ2) is 10.4. The van der Waals surface area contributed by atoms with Crippen LogP contribution >= 0.6 is 23.2 Å². The van der Waals surface area contributed by atoms with Crippen LogP contribution in [0.5, 0.6) is 0 Å².